The third-order valence-electron chi connectivity index (χ3n) is 2.93. The molecule has 1 atom stereocenters. The molecule has 2 aromatic carbocycles. The van der Waals surface area contributed by atoms with E-state index in [0.717, 1.165) is 16.7 Å². The van der Waals surface area contributed by atoms with Crippen molar-refractivity contribution in [2.24, 2.45) is 0 Å². The molecular weight excluding hydrogens is 270 g/mol. The molecule has 1 unspecified atom stereocenters. The maximum atomic E-state index is 13.8. The van der Waals surface area contributed by atoms with Crippen LogP contribution in [0.1, 0.15) is 27.6 Å². The van der Waals surface area contributed by atoms with E-state index in [4.69, 9.17) is 23.2 Å². The second-order valence-corrected chi connectivity index (χ2v) is 5.26. The summed E-state index contributed by atoms with van der Waals surface area (Å²) in [6.45, 7) is 3.99. The molecule has 0 fully saturated rings. The first-order valence-corrected chi connectivity index (χ1v) is 6.46. The molecule has 0 saturated carbocycles. The Kier molecular flexibility index (Phi) is 3.94. The third-order valence-corrected chi connectivity index (χ3v) is 3.63. The van der Waals surface area contributed by atoms with Gasteiger partial charge >= 0.3 is 0 Å². The van der Waals surface area contributed by atoms with Crippen LogP contribution in [0.4, 0.5) is 4.39 Å². The zero-order valence-electron chi connectivity index (χ0n) is 10.2. The number of aryl methyl sites for hydroxylation is 2. The van der Waals surface area contributed by atoms with Crippen LogP contribution in [-0.4, -0.2) is 0 Å². The lowest BCUT2D eigenvalue weighted by Crippen LogP contribution is -1.99. The molecule has 0 aliphatic carbocycles. The Morgan fingerprint density at radius 1 is 1.00 bits per heavy atom. The second kappa shape index (κ2) is 5.29. The highest BCUT2D eigenvalue weighted by Gasteiger charge is 2.17. The number of alkyl halides is 1. The number of rotatable bonds is 2. The standard InChI is InChI=1S/C15H13Cl2F/c1-9-3-5-12(10(2)7-9)15(17)13-8-11(16)4-6-14(13)18/h3-8,15H,1-2H3. The smallest absolute Gasteiger partial charge is 0.128 e. The summed E-state index contributed by atoms with van der Waals surface area (Å²) in [6.07, 6.45) is 0. The molecule has 0 nitrogen and oxygen atoms in total. The summed E-state index contributed by atoms with van der Waals surface area (Å²) in [5.41, 5.74) is 3.53. The summed E-state index contributed by atoms with van der Waals surface area (Å²) >= 11 is 12.3. The van der Waals surface area contributed by atoms with Crippen molar-refractivity contribution in [3.05, 3.63) is 69.5 Å². The Balaban J connectivity index is 2.47. The summed E-state index contributed by atoms with van der Waals surface area (Å²) in [4.78, 5) is 0. The van der Waals surface area contributed by atoms with Gasteiger partial charge in [-0.05, 0) is 43.2 Å². The number of benzene rings is 2. The summed E-state index contributed by atoms with van der Waals surface area (Å²) in [5, 5.41) is -0.0360. The Morgan fingerprint density at radius 2 is 1.72 bits per heavy atom. The highest BCUT2D eigenvalue weighted by atomic mass is 35.5. The molecule has 0 heterocycles. The summed E-state index contributed by atoms with van der Waals surface area (Å²) in [6, 6.07) is 10.4. The molecule has 0 N–H and O–H groups in total. The van der Waals surface area contributed by atoms with Crippen LogP contribution in [0.3, 0.4) is 0 Å². The molecule has 0 aliphatic rings. The lowest BCUT2D eigenvalue weighted by atomic mass is 9.98. The molecule has 18 heavy (non-hydrogen) atoms. The third kappa shape index (κ3) is 2.68. The molecule has 0 spiro atoms. The van der Waals surface area contributed by atoms with Crippen LogP contribution in [0, 0.1) is 19.7 Å². The highest BCUT2D eigenvalue weighted by Crippen LogP contribution is 2.34. The van der Waals surface area contributed by atoms with Crippen molar-refractivity contribution >= 4 is 23.2 Å². The maximum absolute atomic E-state index is 13.8. The predicted octanol–water partition coefficient (Wildman–Crippen LogP) is 5.42. The lowest BCUT2D eigenvalue weighted by Gasteiger charge is -2.15. The van der Waals surface area contributed by atoms with Gasteiger partial charge in [-0.1, -0.05) is 35.4 Å². The van der Waals surface area contributed by atoms with E-state index in [0.29, 0.717) is 10.6 Å². The largest absolute Gasteiger partial charge is 0.207 e. The SMILES string of the molecule is Cc1ccc(C(Cl)c2cc(Cl)ccc2F)c(C)c1. The molecule has 0 radical (unpaired) electrons. The fourth-order valence-corrected chi connectivity index (χ4v) is 2.58. The number of hydrogen-bond donors (Lipinski definition) is 0. The Labute approximate surface area is 116 Å². The van der Waals surface area contributed by atoms with Crippen LogP contribution in [0.15, 0.2) is 36.4 Å². The van der Waals surface area contributed by atoms with Gasteiger partial charge in [-0.25, -0.2) is 4.39 Å². The average molecular weight is 283 g/mol. The fraction of sp³-hybridized carbons (Fsp3) is 0.200. The van der Waals surface area contributed by atoms with Gasteiger partial charge < -0.3 is 0 Å². The minimum Gasteiger partial charge on any atom is -0.207 e. The van der Waals surface area contributed by atoms with Crippen LogP contribution >= 0.6 is 23.2 Å². The van der Waals surface area contributed by atoms with Gasteiger partial charge in [0.05, 0.1) is 5.38 Å². The molecule has 0 bridgehead atoms. The van der Waals surface area contributed by atoms with Gasteiger partial charge in [0.15, 0.2) is 0 Å². The van der Waals surface area contributed by atoms with Crippen LogP contribution in [0.25, 0.3) is 0 Å². The zero-order chi connectivity index (χ0) is 13.3. The maximum Gasteiger partial charge on any atom is 0.128 e. The summed E-state index contributed by atoms with van der Waals surface area (Å²) < 4.78 is 13.8. The minimum atomic E-state index is -0.524. The summed E-state index contributed by atoms with van der Waals surface area (Å²) in [7, 11) is 0. The van der Waals surface area contributed by atoms with E-state index in [2.05, 4.69) is 0 Å². The average Bonchev–Trinajstić information content (AvgIpc) is 2.31. The zero-order valence-corrected chi connectivity index (χ0v) is 11.7. The molecule has 0 aliphatic heterocycles. The van der Waals surface area contributed by atoms with Crippen molar-refractivity contribution in [2.45, 2.75) is 19.2 Å². The molecule has 2 rings (SSSR count). The van der Waals surface area contributed by atoms with Crippen LogP contribution in [-0.2, 0) is 0 Å². The van der Waals surface area contributed by atoms with E-state index in [-0.39, 0.29) is 5.82 Å². The van der Waals surface area contributed by atoms with Crippen molar-refractivity contribution < 1.29 is 4.39 Å². The van der Waals surface area contributed by atoms with Crippen molar-refractivity contribution in [3.8, 4) is 0 Å². The Bertz CT molecular complexity index is 579. The van der Waals surface area contributed by atoms with Crippen molar-refractivity contribution in [3.63, 3.8) is 0 Å². The van der Waals surface area contributed by atoms with Crippen molar-refractivity contribution in [2.75, 3.05) is 0 Å². The predicted molar refractivity (Wildman–Crippen MR) is 75.0 cm³/mol. The van der Waals surface area contributed by atoms with Gasteiger partial charge in [-0.15, -0.1) is 11.6 Å². The highest BCUT2D eigenvalue weighted by molar-refractivity contribution is 6.30. The molecule has 94 valence electrons. The van der Waals surface area contributed by atoms with Crippen LogP contribution in [0.5, 0.6) is 0 Å². The first-order chi connectivity index (χ1) is 8.49. The van der Waals surface area contributed by atoms with Crippen molar-refractivity contribution in [1.82, 2.24) is 0 Å². The molecule has 0 saturated heterocycles. The Morgan fingerprint density at radius 3 is 2.39 bits per heavy atom. The molecule has 2 aromatic rings. The fourth-order valence-electron chi connectivity index (χ4n) is 1.99. The van der Waals surface area contributed by atoms with Gasteiger partial charge in [-0.3, -0.25) is 0 Å². The van der Waals surface area contributed by atoms with E-state index < -0.39 is 5.38 Å². The minimum absolute atomic E-state index is 0.334. The van der Waals surface area contributed by atoms with E-state index in [9.17, 15) is 4.39 Å². The number of halogens is 3. The van der Waals surface area contributed by atoms with Crippen LogP contribution in [0.2, 0.25) is 5.02 Å². The van der Waals surface area contributed by atoms with Crippen LogP contribution < -0.4 is 0 Å². The van der Waals surface area contributed by atoms with E-state index in [1.54, 1.807) is 6.07 Å². The van der Waals surface area contributed by atoms with Gasteiger partial charge in [0.1, 0.15) is 5.82 Å². The Hall–Kier alpha value is -1.05. The molecule has 0 amide bonds. The molecule has 3 heteroatoms. The number of hydrogen-bond acceptors (Lipinski definition) is 0. The molecular formula is C15H13Cl2F. The monoisotopic (exact) mass is 282 g/mol. The van der Waals surface area contributed by atoms with E-state index in [1.807, 2.05) is 32.0 Å². The van der Waals surface area contributed by atoms with E-state index >= 15 is 0 Å². The normalized spacial score (nSPS) is 12.5. The quantitative estimate of drug-likeness (QED) is 0.645. The first-order valence-electron chi connectivity index (χ1n) is 5.65. The first kappa shape index (κ1) is 13.4. The molecule has 0 aromatic heterocycles. The second-order valence-electron chi connectivity index (χ2n) is 4.39. The summed E-state index contributed by atoms with van der Waals surface area (Å²) in [5.74, 6) is -0.334. The van der Waals surface area contributed by atoms with E-state index in [1.165, 1.54) is 12.1 Å². The van der Waals surface area contributed by atoms with Gasteiger partial charge in [-0.2, -0.15) is 0 Å². The van der Waals surface area contributed by atoms with Gasteiger partial charge in [0, 0.05) is 10.6 Å². The van der Waals surface area contributed by atoms with Gasteiger partial charge in [0.25, 0.3) is 0 Å². The topological polar surface area (TPSA) is 0 Å². The lowest BCUT2D eigenvalue weighted by molar-refractivity contribution is 0.612. The van der Waals surface area contributed by atoms with Gasteiger partial charge in [0.2, 0.25) is 0 Å². The van der Waals surface area contributed by atoms with Crippen molar-refractivity contribution in [1.29, 1.82) is 0 Å².